The molecule has 0 bridgehead atoms. The van der Waals surface area contributed by atoms with E-state index in [0.29, 0.717) is 23.3 Å². The van der Waals surface area contributed by atoms with Crippen LogP contribution in [0, 0.1) is 5.92 Å². The lowest BCUT2D eigenvalue weighted by molar-refractivity contribution is -0.123. The number of rotatable bonds is 6. The smallest absolute Gasteiger partial charge is 0.277 e. The van der Waals surface area contributed by atoms with E-state index in [0.717, 1.165) is 10.2 Å². The van der Waals surface area contributed by atoms with Crippen molar-refractivity contribution >= 4 is 28.1 Å². The molecule has 1 heterocycles. The van der Waals surface area contributed by atoms with Crippen LogP contribution in [-0.4, -0.2) is 18.7 Å². The normalized spacial score (nSPS) is 19.7. The third-order valence-corrected chi connectivity index (χ3v) is 4.22. The van der Waals surface area contributed by atoms with Gasteiger partial charge in [-0.1, -0.05) is 22.9 Å². The molecule has 1 amide bonds. The minimum atomic E-state index is -0.327. The molecule has 1 aromatic carbocycles. The van der Waals surface area contributed by atoms with Crippen molar-refractivity contribution in [1.82, 2.24) is 5.43 Å². The maximum Gasteiger partial charge on any atom is 0.277 e. The van der Waals surface area contributed by atoms with Gasteiger partial charge < -0.3 is 9.15 Å². The average Bonchev–Trinajstić information content (AvgIpc) is 3.08. The largest absolute Gasteiger partial charge is 0.484 e. The third-order valence-electron chi connectivity index (χ3n) is 3.69. The molecule has 1 aromatic heterocycles. The van der Waals surface area contributed by atoms with Gasteiger partial charge in [-0.2, -0.15) is 5.10 Å². The van der Waals surface area contributed by atoms with Crippen molar-refractivity contribution in [3.63, 3.8) is 0 Å². The first kappa shape index (κ1) is 15.8. The summed E-state index contributed by atoms with van der Waals surface area (Å²) >= 11 is 3.34. The van der Waals surface area contributed by atoms with Gasteiger partial charge in [0, 0.05) is 10.4 Å². The molecule has 2 aromatic rings. The molecule has 120 valence electrons. The maximum atomic E-state index is 11.7. The Labute approximate surface area is 142 Å². The number of nitrogens with zero attached hydrogens (tertiary/aromatic N) is 1. The first-order chi connectivity index (χ1) is 11.1. The first-order valence-corrected chi connectivity index (χ1v) is 8.21. The molecule has 0 unspecified atom stereocenters. The Morgan fingerprint density at radius 1 is 1.39 bits per heavy atom. The summed E-state index contributed by atoms with van der Waals surface area (Å²) in [5.41, 5.74) is 2.41. The van der Waals surface area contributed by atoms with E-state index in [4.69, 9.17) is 9.15 Å². The lowest BCUT2D eigenvalue weighted by Gasteiger charge is -2.04. The number of benzene rings is 1. The Bertz CT molecular complexity index is 709. The molecule has 0 radical (unpaired) electrons. The molecule has 1 fully saturated rings. The van der Waals surface area contributed by atoms with Gasteiger partial charge in [0.1, 0.15) is 17.3 Å². The summed E-state index contributed by atoms with van der Waals surface area (Å²) in [7, 11) is 0. The van der Waals surface area contributed by atoms with Gasteiger partial charge in [0.2, 0.25) is 0 Å². The molecular weight excluding hydrogens is 360 g/mol. The minimum Gasteiger partial charge on any atom is -0.484 e. The zero-order chi connectivity index (χ0) is 16.2. The fraction of sp³-hybridized carbons (Fsp3) is 0.294. The van der Waals surface area contributed by atoms with Gasteiger partial charge in [-0.05, 0) is 48.7 Å². The van der Waals surface area contributed by atoms with Crippen molar-refractivity contribution in [3.05, 3.63) is 52.4 Å². The molecule has 23 heavy (non-hydrogen) atoms. The van der Waals surface area contributed by atoms with Crippen LogP contribution in [0.4, 0.5) is 0 Å². The number of nitrogens with one attached hydrogen (secondary N) is 1. The van der Waals surface area contributed by atoms with Crippen LogP contribution in [0.25, 0.3) is 0 Å². The SMILES string of the molecule is C[C@H]1C[C@@H]1c1ccc(/C=N\NC(=O)COc2ccc(Br)cc2)o1. The average molecular weight is 377 g/mol. The van der Waals surface area contributed by atoms with Crippen molar-refractivity contribution in [1.29, 1.82) is 0 Å². The Morgan fingerprint density at radius 3 is 2.83 bits per heavy atom. The molecule has 0 spiro atoms. The second kappa shape index (κ2) is 7.00. The fourth-order valence-electron chi connectivity index (χ4n) is 2.24. The highest BCUT2D eigenvalue weighted by Gasteiger charge is 2.36. The van der Waals surface area contributed by atoms with Gasteiger partial charge in [0.15, 0.2) is 6.61 Å². The molecule has 0 aliphatic heterocycles. The summed E-state index contributed by atoms with van der Waals surface area (Å²) in [5, 5.41) is 3.87. The summed E-state index contributed by atoms with van der Waals surface area (Å²) in [6.45, 7) is 2.11. The van der Waals surface area contributed by atoms with Crippen molar-refractivity contribution in [2.75, 3.05) is 6.61 Å². The van der Waals surface area contributed by atoms with E-state index in [1.165, 1.54) is 12.6 Å². The molecule has 1 aliphatic carbocycles. The Hall–Kier alpha value is -2.08. The van der Waals surface area contributed by atoms with Crippen LogP contribution < -0.4 is 10.2 Å². The Balaban J connectivity index is 1.43. The minimum absolute atomic E-state index is 0.0953. The lowest BCUT2D eigenvalue weighted by Crippen LogP contribution is -2.24. The number of hydrazone groups is 1. The number of amides is 1. The highest BCUT2D eigenvalue weighted by Crippen LogP contribution is 2.47. The van der Waals surface area contributed by atoms with Gasteiger partial charge in [-0.15, -0.1) is 0 Å². The van der Waals surface area contributed by atoms with Crippen LogP contribution in [0.3, 0.4) is 0 Å². The van der Waals surface area contributed by atoms with E-state index in [2.05, 4.69) is 33.4 Å². The summed E-state index contributed by atoms with van der Waals surface area (Å²) in [6, 6.07) is 11.1. The zero-order valence-corrected chi connectivity index (χ0v) is 14.2. The van der Waals surface area contributed by atoms with Crippen LogP contribution in [0.15, 0.2) is 50.4 Å². The second-order valence-electron chi connectivity index (χ2n) is 5.60. The number of ether oxygens (including phenoxy) is 1. The van der Waals surface area contributed by atoms with Crippen LogP contribution >= 0.6 is 15.9 Å². The highest BCUT2D eigenvalue weighted by atomic mass is 79.9. The van der Waals surface area contributed by atoms with Gasteiger partial charge in [0.25, 0.3) is 5.91 Å². The molecule has 5 nitrogen and oxygen atoms in total. The van der Waals surface area contributed by atoms with Crippen molar-refractivity contribution in [2.45, 2.75) is 19.3 Å². The molecule has 1 aliphatic rings. The zero-order valence-electron chi connectivity index (χ0n) is 12.7. The van der Waals surface area contributed by atoms with Gasteiger partial charge in [-0.25, -0.2) is 5.43 Å². The standard InChI is InChI=1S/C17H17BrN2O3/c1-11-8-15(11)16-7-6-14(23-16)9-19-20-17(21)10-22-13-4-2-12(18)3-5-13/h2-7,9,11,15H,8,10H2,1H3,(H,20,21)/b19-9-/t11-,15-/m0/s1. The van der Waals surface area contributed by atoms with E-state index in [1.54, 1.807) is 12.1 Å². The molecule has 0 saturated heterocycles. The van der Waals surface area contributed by atoms with E-state index in [9.17, 15) is 4.79 Å². The quantitative estimate of drug-likeness (QED) is 0.617. The van der Waals surface area contributed by atoms with E-state index in [1.807, 2.05) is 24.3 Å². The van der Waals surface area contributed by atoms with Gasteiger partial charge >= 0.3 is 0 Å². The number of carbonyl (C=O) groups is 1. The van der Waals surface area contributed by atoms with E-state index < -0.39 is 0 Å². The maximum absolute atomic E-state index is 11.7. The van der Waals surface area contributed by atoms with E-state index in [-0.39, 0.29) is 12.5 Å². The van der Waals surface area contributed by atoms with Crippen LogP contribution in [0.2, 0.25) is 0 Å². The summed E-state index contributed by atoms with van der Waals surface area (Å²) in [4.78, 5) is 11.7. The molecular formula is C17H17BrN2O3. The number of carbonyl (C=O) groups excluding carboxylic acids is 1. The van der Waals surface area contributed by atoms with Crippen LogP contribution in [-0.2, 0) is 4.79 Å². The number of halogens is 1. The molecule has 3 rings (SSSR count). The van der Waals surface area contributed by atoms with Gasteiger partial charge in [-0.3, -0.25) is 4.79 Å². The summed E-state index contributed by atoms with van der Waals surface area (Å²) in [6.07, 6.45) is 2.67. The molecule has 6 heteroatoms. The van der Waals surface area contributed by atoms with E-state index >= 15 is 0 Å². The fourth-order valence-corrected chi connectivity index (χ4v) is 2.50. The third kappa shape index (κ3) is 4.45. The number of furan rings is 1. The monoisotopic (exact) mass is 376 g/mol. The number of hydrogen-bond donors (Lipinski definition) is 1. The topological polar surface area (TPSA) is 63.8 Å². The lowest BCUT2D eigenvalue weighted by atomic mass is 10.3. The highest BCUT2D eigenvalue weighted by molar-refractivity contribution is 9.10. The van der Waals surface area contributed by atoms with Crippen molar-refractivity contribution in [3.8, 4) is 5.75 Å². The molecule has 1 saturated carbocycles. The van der Waals surface area contributed by atoms with Gasteiger partial charge in [0.05, 0.1) is 6.21 Å². The van der Waals surface area contributed by atoms with Crippen LogP contribution in [0.5, 0.6) is 5.75 Å². The molecule has 1 N–H and O–H groups in total. The Morgan fingerprint density at radius 2 is 2.13 bits per heavy atom. The number of hydrogen-bond acceptors (Lipinski definition) is 4. The first-order valence-electron chi connectivity index (χ1n) is 7.42. The van der Waals surface area contributed by atoms with Crippen molar-refractivity contribution in [2.24, 2.45) is 11.0 Å². The second-order valence-corrected chi connectivity index (χ2v) is 6.51. The van der Waals surface area contributed by atoms with Crippen LogP contribution in [0.1, 0.15) is 30.8 Å². The molecule has 2 atom stereocenters. The summed E-state index contributed by atoms with van der Waals surface area (Å²) < 4.78 is 12.0. The predicted molar refractivity (Wildman–Crippen MR) is 90.6 cm³/mol. The van der Waals surface area contributed by atoms with Crippen molar-refractivity contribution < 1.29 is 13.9 Å². The Kier molecular flexibility index (Phi) is 4.81. The summed E-state index contributed by atoms with van der Waals surface area (Å²) in [5.74, 6) is 3.15. The predicted octanol–water partition coefficient (Wildman–Crippen LogP) is 3.69.